The van der Waals surface area contributed by atoms with E-state index in [0.717, 1.165) is 54.6 Å². The van der Waals surface area contributed by atoms with Crippen LogP contribution in [0.1, 0.15) is 30.4 Å². The number of rotatable bonds is 8. The van der Waals surface area contributed by atoms with Crippen LogP contribution in [0.25, 0.3) is 10.9 Å². The predicted octanol–water partition coefficient (Wildman–Crippen LogP) is 5.66. The van der Waals surface area contributed by atoms with E-state index < -0.39 is 0 Å². The summed E-state index contributed by atoms with van der Waals surface area (Å²) in [5, 5.41) is 8.10. The lowest BCUT2D eigenvalue weighted by molar-refractivity contribution is 0.415. The molecule has 7 heteroatoms. The first kappa shape index (κ1) is 22.1. The van der Waals surface area contributed by atoms with Crippen LogP contribution in [0.3, 0.4) is 0 Å². The fraction of sp³-hybridized carbons (Fsp3) is 0.333. The Balaban J connectivity index is 1.34. The summed E-state index contributed by atoms with van der Waals surface area (Å²) < 4.78 is 5.40. The maximum atomic E-state index is 5.40. The van der Waals surface area contributed by atoms with Gasteiger partial charge in [-0.05, 0) is 68.5 Å². The van der Waals surface area contributed by atoms with Crippen LogP contribution in [-0.4, -0.2) is 41.7 Å². The number of aromatic amines is 1. The molecule has 0 unspecified atom stereocenters. The summed E-state index contributed by atoms with van der Waals surface area (Å²) in [6.45, 7) is 4.90. The Hall–Kier alpha value is -3.74. The number of hydrogen-bond acceptors (Lipinski definition) is 6. The van der Waals surface area contributed by atoms with Crippen molar-refractivity contribution in [3.05, 3.63) is 65.9 Å². The van der Waals surface area contributed by atoms with E-state index in [4.69, 9.17) is 14.7 Å². The molecule has 4 aromatic rings. The van der Waals surface area contributed by atoms with E-state index >= 15 is 0 Å². The highest BCUT2D eigenvalue weighted by Crippen LogP contribution is 2.26. The summed E-state index contributed by atoms with van der Waals surface area (Å²) in [5.74, 6) is 3.29. The van der Waals surface area contributed by atoms with Gasteiger partial charge in [-0.2, -0.15) is 9.97 Å². The minimum Gasteiger partial charge on any atom is -0.497 e. The lowest BCUT2D eigenvalue weighted by Crippen LogP contribution is -2.30. The molecule has 0 saturated carbocycles. The molecule has 1 fully saturated rings. The number of aryl methyl sites for hydroxylation is 1. The van der Waals surface area contributed by atoms with Crippen LogP contribution < -0.4 is 20.3 Å². The van der Waals surface area contributed by atoms with Crippen LogP contribution in [0.15, 0.2) is 54.7 Å². The van der Waals surface area contributed by atoms with Crippen LogP contribution in [0.5, 0.6) is 5.75 Å². The van der Waals surface area contributed by atoms with Crippen LogP contribution >= 0.6 is 0 Å². The topological polar surface area (TPSA) is 78.1 Å². The Morgan fingerprint density at radius 3 is 2.62 bits per heavy atom. The average Bonchev–Trinajstić information content (AvgIpc) is 3.28. The van der Waals surface area contributed by atoms with Crippen molar-refractivity contribution in [3.63, 3.8) is 0 Å². The van der Waals surface area contributed by atoms with Gasteiger partial charge in [0.25, 0.3) is 0 Å². The van der Waals surface area contributed by atoms with E-state index in [2.05, 4.69) is 76.1 Å². The van der Waals surface area contributed by atoms with E-state index in [9.17, 15) is 0 Å². The first-order valence-electron chi connectivity index (χ1n) is 12.0. The molecule has 3 heterocycles. The minimum absolute atomic E-state index is 0.648. The van der Waals surface area contributed by atoms with Crippen molar-refractivity contribution in [2.75, 3.05) is 42.3 Å². The summed E-state index contributed by atoms with van der Waals surface area (Å²) in [5.41, 5.74) is 4.61. The van der Waals surface area contributed by atoms with Gasteiger partial charge in [0.05, 0.1) is 7.11 Å². The summed E-state index contributed by atoms with van der Waals surface area (Å²) in [6.07, 6.45) is 6.62. The number of piperidine rings is 1. The zero-order valence-electron chi connectivity index (χ0n) is 19.9. The number of nitrogens with one attached hydrogen (secondary N) is 3. The maximum Gasteiger partial charge on any atom is 0.226 e. The van der Waals surface area contributed by atoms with Crippen molar-refractivity contribution in [2.45, 2.75) is 32.6 Å². The molecule has 1 aliphatic heterocycles. The third-order valence-electron chi connectivity index (χ3n) is 6.37. The molecule has 0 radical (unpaired) electrons. The molecule has 176 valence electrons. The minimum atomic E-state index is 0.648. The summed E-state index contributed by atoms with van der Waals surface area (Å²) in [6, 6.07) is 16.5. The monoisotopic (exact) mass is 456 g/mol. The van der Waals surface area contributed by atoms with Crippen molar-refractivity contribution >= 4 is 34.2 Å². The Bertz CT molecular complexity index is 1240. The largest absolute Gasteiger partial charge is 0.497 e. The van der Waals surface area contributed by atoms with E-state index in [1.807, 2.05) is 6.07 Å². The normalized spacial score (nSPS) is 13.8. The van der Waals surface area contributed by atoms with Gasteiger partial charge in [-0.15, -0.1) is 0 Å². The molecule has 2 aromatic heterocycles. The van der Waals surface area contributed by atoms with Gasteiger partial charge in [0.15, 0.2) is 0 Å². The number of aromatic nitrogens is 3. The molecule has 0 amide bonds. The Morgan fingerprint density at radius 2 is 1.82 bits per heavy atom. The van der Waals surface area contributed by atoms with Crippen LogP contribution in [-0.2, 0) is 6.42 Å². The number of benzene rings is 2. The number of ether oxygens (including phenoxy) is 1. The van der Waals surface area contributed by atoms with Gasteiger partial charge >= 0.3 is 0 Å². The second-order valence-corrected chi connectivity index (χ2v) is 8.88. The number of nitrogens with zero attached hydrogens (tertiary/aromatic N) is 3. The number of hydrogen-bond donors (Lipinski definition) is 3. The number of fused-ring (bicyclic) bond motifs is 1. The molecule has 2 aromatic carbocycles. The van der Waals surface area contributed by atoms with Crippen molar-refractivity contribution in [1.29, 1.82) is 0 Å². The molecular formula is C27H32N6O. The third-order valence-corrected chi connectivity index (χ3v) is 6.37. The molecule has 1 saturated heterocycles. The Morgan fingerprint density at radius 1 is 1.00 bits per heavy atom. The van der Waals surface area contributed by atoms with E-state index in [1.165, 1.54) is 35.8 Å². The summed E-state index contributed by atoms with van der Waals surface area (Å²) >= 11 is 0. The molecular weight excluding hydrogens is 424 g/mol. The molecule has 1 aliphatic rings. The van der Waals surface area contributed by atoms with Gasteiger partial charge in [0.2, 0.25) is 5.95 Å². The Labute approximate surface area is 200 Å². The van der Waals surface area contributed by atoms with Crippen molar-refractivity contribution in [1.82, 2.24) is 15.0 Å². The highest BCUT2D eigenvalue weighted by Gasteiger charge is 2.15. The third kappa shape index (κ3) is 5.09. The van der Waals surface area contributed by atoms with E-state index in [1.54, 1.807) is 7.11 Å². The molecule has 0 spiro atoms. The number of H-pyrrole nitrogens is 1. The molecule has 0 aliphatic carbocycles. The first-order chi connectivity index (χ1) is 16.7. The molecule has 5 rings (SSSR count). The van der Waals surface area contributed by atoms with Crippen molar-refractivity contribution in [3.8, 4) is 5.75 Å². The van der Waals surface area contributed by atoms with Gasteiger partial charge < -0.3 is 25.3 Å². The summed E-state index contributed by atoms with van der Waals surface area (Å²) in [7, 11) is 1.70. The number of anilines is 4. The van der Waals surface area contributed by atoms with E-state index in [0.29, 0.717) is 5.95 Å². The SMILES string of the molecule is COc1ccc2[nH]cc(CCNc3nc(Nc4ccc(C)cc4)cc(N4CCCCC4)n3)c2c1. The van der Waals surface area contributed by atoms with Gasteiger partial charge in [0, 0.05) is 48.5 Å². The maximum absolute atomic E-state index is 5.40. The molecule has 7 nitrogen and oxygen atoms in total. The van der Waals surface area contributed by atoms with Gasteiger partial charge in [-0.25, -0.2) is 0 Å². The second-order valence-electron chi connectivity index (χ2n) is 8.88. The van der Waals surface area contributed by atoms with Gasteiger partial charge in [-0.3, -0.25) is 0 Å². The standard InChI is InChI=1S/C27H32N6O/c1-19-6-8-21(9-7-19)30-25-17-26(33-14-4-3-5-15-33)32-27(31-25)28-13-12-20-18-29-24-11-10-22(34-2)16-23(20)24/h6-11,16-18,29H,3-5,12-15H2,1-2H3,(H2,28,30,31,32). The zero-order chi connectivity index (χ0) is 23.3. The van der Waals surface area contributed by atoms with E-state index in [-0.39, 0.29) is 0 Å². The smallest absolute Gasteiger partial charge is 0.226 e. The lowest BCUT2D eigenvalue weighted by atomic mass is 10.1. The van der Waals surface area contributed by atoms with Gasteiger partial charge in [0.1, 0.15) is 17.4 Å². The van der Waals surface area contributed by atoms with Crippen molar-refractivity contribution in [2.24, 2.45) is 0 Å². The lowest BCUT2D eigenvalue weighted by Gasteiger charge is -2.28. The molecule has 34 heavy (non-hydrogen) atoms. The van der Waals surface area contributed by atoms with Crippen molar-refractivity contribution < 1.29 is 4.74 Å². The first-order valence-corrected chi connectivity index (χ1v) is 12.0. The highest BCUT2D eigenvalue weighted by atomic mass is 16.5. The average molecular weight is 457 g/mol. The van der Waals surface area contributed by atoms with Gasteiger partial charge in [-0.1, -0.05) is 17.7 Å². The second kappa shape index (κ2) is 10.0. The fourth-order valence-corrected chi connectivity index (χ4v) is 4.45. The van der Waals surface area contributed by atoms with Crippen LogP contribution in [0.2, 0.25) is 0 Å². The summed E-state index contributed by atoms with van der Waals surface area (Å²) in [4.78, 5) is 15.3. The molecule has 0 atom stereocenters. The fourth-order valence-electron chi connectivity index (χ4n) is 4.45. The quantitative estimate of drug-likeness (QED) is 0.317. The highest BCUT2D eigenvalue weighted by molar-refractivity contribution is 5.84. The zero-order valence-corrected chi connectivity index (χ0v) is 19.9. The number of methoxy groups -OCH3 is 1. The molecule has 0 bridgehead atoms. The molecule has 3 N–H and O–H groups in total. The Kier molecular flexibility index (Phi) is 6.51. The predicted molar refractivity (Wildman–Crippen MR) is 140 cm³/mol. The van der Waals surface area contributed by atoms with Crippen LogP contribution in [0.4, 0.5) is 23.3 Å². The van der Waals surface area contributed by atoms with Crippen LogP contribution in [0, 0.1) is 6.92 Å².